The van der Waals surface area contributed by atoms with Crippen LogP contribution >= 0.6 is 15.6 Å². The molecular weight excluding hydrogens is 1390 g/mol. The molecule has 0 saturated heterocycles. The fourth-order valence-electron chi connectivity index (χ4n) is 13.7. The molecule has 0 aromatic carbocycles. The Balaban J connectivity index is 5.24. The Kier molecular flexibility index (Phi) is 76.6. The monoisotopic (exact) mass is 1560 g/mol. The van der Waals surface area contributed by atoms with Gasteiger partial charge in [0.15, 0.2) is 12.2 Å². The number of phosphoric ester groups is 2. The van der Waals surface area contributed by atoms with Gasteiger partial charge in [-0.2, -0.15) is 0 Å². The maximum absolute atomic E-state index is 13.2. The van der Waals surface area contributed by atoms with E-state index in [2.05, 4.69) is 48.5 Å². The summed E-state index contributed by atoms with van der Waals surface area (Å²) >= 11 is 0. The predicted octanol–water partition coefficient (Wildman–Crippen LogP) is 26.9. The van der Waals surface area contributed by atoms with Gasteiger partial charge in [0.1, 0.15) is 19.3 Å². The van der Waals surface area contributed by atoms with Gasteiger partial charge in [0.2, 0.25) is 0 Å². The molecule has 0 radical (unpaired) electrons. The molecule has 0 aromatic rings. The largest absolute Gasteiger partial charge is 0.472 e. The minimum atomic E-state index is -4.97. The summed E-state index contributed by atoms with van der Waals surface area (Å²) < 4.78 is 69.0. The topological polar surface area (TPSA) is 237 Å². The number of hydrogen-bond acceptors (Lipinski definition) is 15. The van der Waals surface area contributed by atoms with Gasteiger partial charge in [-0.25, -0.2) is 9.13 Å². The Morgan fingerprint density at radius 1 is 0.271 bits per heavy atom. The van der Waals surface area contributed by atoms with Crippen LogP contribution in [0.3, 0.4) is 0 Å². The third kappa shape index (κ3) is 80.5. The second kappa shape index (κ2) is 78.0. The van der Waals surface area contributed by atoms with Crippen LogP contribution in [0.4, 0.5) is 0 Å². The average molecular weight is 1560 g/mol. The molecule has 0 aromatic heterocycles. The molecule has 0 aliphatic heterocycles. The molecule has 0 rings (SSSR count). The number of phosphoric acid groups is 2. The lowest BCUT2D eigenvalue weighted by molar-refractivity contribution is -0.161. The number of carbonyl (C=O) groups excluding carboxylic acids is 4. The van der Waals surface area contributed by atoms with E-state index in [1.165, 1.54) is 276 Å². The third-order valence-corrected chi connectivity index (χ3v) is 22.9. The number of aliphatic hydroxyl groups is 1. The summed E-state index contributed by atoms with van der Waals surface area (Å²) in [5.74, 6) is 0.365. The van der Waals surface area contributed by atoms with Crippen molar-refractivity contribution in [3.63, 3.8) is 0 Å². The quantitative estimate of drug-likeness (QED) is 0.0222. The van der Waals surface area contributed by atoms with E-state index in [9.17, 15) is 43.2 Å². The first-order chi connectivity index (χ1) is 51.8. The maximum Gasteiger partial charge on any atom is 0.472 e. The summed E-state index contributed by atoms with van der Waals surface area (Å²) in [6, 6.07) is 0. The Morgan fingerprint density at radius 2 is 0.477 bits per heavy atom. The van der Waals surface area contributed by atoms with Gasteiger partial charge in [-0.3, -0.25) is 37.3 Å². The molecule has 6 atom stereocenters. The van der Waals surface area contributed by atoms with Crippen molar-refractivity contribution in [1.82, 2.24) is 0 Å². The van der Waals surface area contributed by atoms with Gasteiger partial charge in [-0.1, -0.05) is 414 Å². The van der Waals surface area contributed by atoms with Crippen LogP contribution in [-0.4, -0.2) is 96.7 Å². The molecule has 0 spiro atoms. The summed E-state index contributed by atoms with van der Waals surface area (Å²) in [4.78, 5) is 73.3. The van der Waals surface area contributed by atoms with Crippen molar-refractivity contribution in [2.45, 2.75) is 484 Å². The van der Waals surface area contributed by atoms with Crippen molar-refractivity contribution in [2.24, 2.45) is 17.8 Å². The minimum Gasteiger partial charge on any atom is -0.462 e. The third-order valence-electron chi connectivity index (χ3n) is 21.0. The fraction of sp³-hybridized carbons (Fsp3) is 0.955. The number of aliphatic hydroxyl groups excluding tert-OH is 1. The van der Waals surface area contributed by atoms with Crippen molar-refractivity contribution in [1.29, 1.82) is 0 Å². The molecule has 3 unspecified atom stereocenters. The fourth-order valence-corrected chi connectivity index (χ4v) is 15.3. The van der Waals surface area contributed by atoms with Crippen LogP contribution in [0.5, 0.6) is 0 Å². The van der Waals surface area contributed by atoms with Crippen LogP contribution < -0.4 is 0 Å². The van der Waals surface area contributed by atoms with Crippen molar-refractivity contribution >= 4 is 39.5 Å². The molecule has 0 amide bonds. The van der Waals surface area contributed by atoms with Crippen LogP contribution in [-0.2, 0) is 65.4 Å². The van der Waals surface area contributed by atoms with Gasteiger partial charge in [-0.15, -0.1) is 0 Å². The number of unbranched alkanes of at least 4 members (excludes halogenated alkanes) is 53. The Bertz CT molecular complexity index is 2060. The standard InChI is InChI=1S/C88H172O17P2/c1-8-10-11-12-13-14-31-41-48-55-62-69-85(90)98-75-83(104-88(93)72-65-58-51-44-37-30-23-21-26-33-39-46-53-60-67-80(5)6)77-102-106(94,95)100-73-82(89)74-101-107(96,97)103-78-84(76-99-86(91)70-63-56-49-42-35-28-24-22-27-34-40-47-54-61-68-81(7)9-2)105-87(92)71-64-57-50-43-36-29-20-18-16-15-17-19-25-32-38-45-52-59-66-79(3)4/h79-84,89H,8-78H2,1-7H3,(H,94,95)(H,96,97)/t81?,82-,83+,84+/m0/s1. The smallest absolute Gasteiger partial charge is 0.462 e. The summed E-state index contributed by atoms with van der Waals surface area (Å²) in [7, 11) is -9.93. The number of esters is 4. The highest BCUT2D eigenvalue weighted by molar-refractivity contribution is 7.47. The van der Waals surface area contributed by atoms with Crippen LogP contribution in [0, 0.1) is 17.8 Å². The van der Waals surface area contributed by atoms with Crippen LogP contribution in [0.25, 0.3) is 0 Å². The Labute approximate surface area is 658 Å². The highest BCUT2D eigenvalue weighted by Gasteiger charge is 2.31. The molecular formula is C88H172O17P2. The van der Waals surface area contributed by atoms with E-state index in [1.54, 1.807) is 0 Å². The minimum absolute atomic E-state index is 0.108. The molecule has 107 heavy (non-hydrogen) atoms. The zero-order chi connectivity index (χ0) is 78.6. The lowest BCUT2D eigenvalue weighted by Crippen LogP contribution is -2.30. The van der Waals surface area contributed by atoms with E-state index in [0.29, 0.717) is 25.7 Å². The molecule has 0 fully saturated rings. The zero-order valence-electron chi connectivity index (χ0n) is 70.6. The molecule has 0 heterocycles. The number of ether oxygens (including phenoxy) is 4. The summed E-state index contributed by atoms with van der Waals surface area (Å²) in [5, 5.41) is 10.7. The molecule has 19 heteroatoms. The Morgan fingerprint density at radius 3 is 0.710 bits per heavy atom. The average Bonchev–Trinajstić information content (AvgIpc) is 0.924. The van der Waals surface area contributed by atoms with Crippen LogP contribution in [0.2, 0.25) is 0 Å². The van der Waals surface area contributed by atoms with Gasteiger partial charge in [0.25, 0.3) is 0 Å². The van der Waals surface area contributed by atoms with E-state index in [-0.39, 0.29) is 25.7 Å². The van der Waals surface area contributed by atoms with Gasteiger partial charge >= 0.3 is 39.5 Å². The van der Waals surface area contributed by atoms with Crippen LogP contribution in [0.15, 0.2) is 0 Å². The maximum atomic E-state index is 13.2. The molecule has 0 aliphatic rings. The highest BCUT2D eigenvalue weighted by atomic mass is 31.2. The summed E-state index contributed by atoms with van der Waals surface area (Å²) in [6.45, 7) is 12.1. The lowest BCUT2D eigenvalue weighted by Gasteiger charge is -2.21. The van der Waals surface area contributed by atoms with Gasteiger partial charge < -0.3 is 33.8 Å². The van der Waals surface area contributed by atoms with E-state index in [1.807, 2.05) is 0 Å². The van der Waals surface area contributed by atoms with Crippen molar-refractivity contribution < 1.29 is 80.2 Å². The lowest BCUT2D eigenvalue weighted by atomic mass is 9.99. The molecule has 0 saturated carbocycles. The van der Waals surface area contributed by atoms with Crippen molar-refractivity contribution in [2.75, 3.05) is 39.6 Å². The number of carbonyl (C=O) groups is 4. The number of rotatable bonds is 86. The van der Waals surface area contributed by atoms with Crippen LogP contribution in [0.1, 0.15) is 466 Å². The number of hydrogen-bond donors (Lipinski definition) is 3. The van der Waals surface area contributed by atoms with Crippen molar-refractivity contribution in [3.8, 4) is 0 Å². The van der Waals surface area contributed by atoms with E-state index in [4.69, 9.17) is 37.0 Å². The normalized spacial score (nSPS) is 14.1. The van der Waals surface area contributed by atoms with E-state index < -0.39 is 97.5 Å². The van der Waals surface area contributed by atoms with Gasteiger partial charge in [-0.05, 0) is 43.4 Å². The first-order valence-electron chi connectivity index (χ1n) is 45.4. The van der Waals surface area contributed by atoms with E-state index >= 15 is 0 Å². The zero-order valence-corrected chi connectivity index (χ0v) is 72.4. The SMILES string of the molecule is CCCCCCCCCCCCCC(=O)OC[C@H](COP(=O)(O)OC[C@H](O)COP(=O)(O)OC[C@@H](COC(=O)CCCCCCCCCCCCCCCCC(C)CC)OC(=O)CCCCCCCCCCCCCCCCCCCCC(C)C)OC(=O)CCCCCCCCCCCCCCCCC(C)C. The molecule has 0 aliphatic carbocycles. The van der Waals surface area contributed by atoms with Gasteiger partial charge in [0, 0.05) is 25.7 Å². The molecule has 0 bridgehead atoms. The second-order valence-corrected chi connectivity index (χ2v) is 35.7. The summed E-state index contributed by atoms with van der Waals surface area (Å²) in [6.07, 6.45) is 69.3. The highest BCUT2D eigenvalue weighted by Crippen LogP contribution is 2.45. The molecule has 3 N–H and O–H groups in total. The van der Waals surface area contributed by atoms with E-state index in [0.717, 1.165) is 108 Å². The predicted molar refractivity (Wildman–Crippen MR) is 441 cm³/mol. The first kappa shape index (κ1) is 105. The second-order valence-electron chi connectivity index (χ2n) is 32.8. The Hall–Kier alpha value is -1.94. The van der Waals surface area contributed by atoms with Crippen molar-refractivity contribution in [3.05, 3.63) is 0 Å². The molecule has 636 valence electrons. The van der Waals surface area contributed by atoms with Gasteiger partial charge in [0.05, 0.1) is 26.4 Å². The molecule has 17 nitrogen and oxygen atoms in total. The summed E-state index contributed by atoms with van der Waals surface area (Å²) in [5.41, 5.74) is 0. The first-order valence-corrected chi connectivity index (χ1v) is 48.4.